The van der Waals surface area contributed by atoms with E-state index < -0.39 is 0 Å². The van der Waals surface area contributed by atoms with Gasteiger partial charge in [-0.3, -0.25) is 4.79 Å². The van der Waals surface area contributed by atoms with Crippen LogP contribution in [0.15, 0.2) is 29.3 Å². The molecule has 0 atom stereocenters. The van der Waals surface area contributed by atoms with Crippen molar-refractivity contribution >= 4 is 23.1 Å². The molecule has 2 aromatic rings. The maximum absolute atomic E-state index is 11.5. The number of aromatic amines is 1. The molecule has 0 saturated carbocycles. The number of H-pyrrole nitrogens is 1. The van der Waals surface area contributed by atoms with Crippen molar-refractivity contribution in [2.24, 2.45) is 0 Å². The smallest absolute Gasteiger partial charge is 0.271 e. The summed E-state index contributed by atoms with van der Waals surface area (Å²) >= 11 is 5.97. The molecule has 0 unspecified atom stereocenters. The predicted octanol–water partition coefficient (Wildman–Crippen LogP) is 2.81. The number of nitrogens with one attached hydrogen (secondary N) is 1. The zero-order chi connectivity index (χ0) is 13.3. The van der Waals surface area contributed by atoms with Gasteiger partial charge in [-0.2, -0.15) is 0 Å². The Labute approximate surface area is 110 Å². The normalized spacial score (nSPS) is 10.4. The number of aromatic nitrogens is 2. The first-order valence-electron chi connectivity index (χ1n) is 5.54. The van der Waals surface area contributed by atoms with Crippen LogP contribution in [0.5, 0.6) is 0 Å². The highest BCUT2D eigenvalue weighted by Gasteiger charge is 2.12. The van der Waals surface area contributed by atoms with Crippen molar-refractivity contribution in [1.82, 2.24) is 9.97 Å². The van der Waals surface area contributed by atoms with Crippen LogP contribution in [0.4, 0.5) is 11.5 Å². The summed E-state index contributed by atoms with van der Waals surface area (Å²) in [6.45, 7) is 4.05. The van der Waals surface area contributed by atoms with Crippen molar-refractivity contribution in [1.29, 1.82) is 0 Å². The average molecular weight is 264 g/mol. The van der Waals surface area contributed by atoms with Crippen LogP contribution in [0.2, 0.25) is 5.02 Å². The van der Waals surface area contributed by atoms with Gasteiger partial charge in [-0.15, -0.1) is 0 Å². The molecule has 94 valence electrons. The Morgan fingerprint density at radius 1 is 1.22 bits per heavy atom. The second kappa shape index (κ2) is 4.82. The zero-order valence-electron chi connectivity index (χ0n) is 10.5. The molecule has 0 spiro atoms. The Hall–Kier alpha value is -1.81. The van der Waals surface area contributed by atoms with Crippen LogP contribution in [0.3, 0.4) is 0 Å². The van der Waals surface area contributed by atoms with Crippen LogP contribution in [-0.4, -0.2) is 17.0 Å². The number of nitrogens with zero attached hydrogens (tertiary/aromatic N) is 2. The summed E-state index contributed by atoms with van der Waals surface area (Å²) in [6.07, 6.45) is 1.35. The summed E-state index contributed by atoms with van der Waals surface area (Å²) in [4.78, 5) is 19.8. The summed E-state index contributed by atoms with van der Waals surface area (Å²) in [5.41, 5.74) is 2.92. The van der Waals surface area contributed by atoms with Crippen LogP contribution < -0.4 is 10.5 Å². The molecule has 0 saturated heterocycles. The van der Waals surface area contributed by atoms with Gasteiger partial charge in [-0.25, -0.2) is 4.98 Å². The first-order valence-corrected chi connectivity index (χ1v) is 5.92. The second-order valence-electron chi connectivity index (χ2n) is 4.27. The number of aryl methyl sites for hydroxylation is 2. The molecular formula is C13H14ClN3O. The lowest BCUT2D eigenvalue weighted by Gasteiger charge is -2.19. The van der Waals surface area contributed by atoms with Gasteiger partial charge in [-0.1, -0.05) is 17.7 Å². The lowest BCUT2D eigenvalue weighted by atomic mass is 10.1. The molecule has 1 aromatic carbocycles. The number of anilines is 2. The van der Waals surface area contributed by atoms with Gasteiger partial charge in [0.2, 0.25) is 0 Å². The maximum Gasteiger partial charge on any atom is 0.271 e. The third-order valence-corrected chi connectivity index (χ3v) is 3.03. The van der Waals surface area contributed by atoms with Crippen LogP contribution in [0, 0.1) is 13.8 Å². The van der Waals surface area contributed by atoms with E-state index in [1.807, 2.05) is 33.0 Å². The van der Waals surface area contributed by atoms with E-state index in [1.165, 1.54) is 6.33 Å². The van der Waals surface area contributed by atoms with Crippen LogP contribution in [0.25, 0.3) is 0 Å². The maximum atomic E-state index is 11.5. The first kappa shape index (κ1) is 12.6. The van der Waals surface area contributed by atoms with E-state index in [1.54, 1.807) is 4.90 Å². The fraction of sp³-hybridized carbons (Fsp3) is 0.231. The van der Waals surface area contributed by atoms with Crippen molar-refractivity contribution < 1.29 is 0 Å². The lowest BCUT2D eigenvalue weighted by Crippen LogP contribution is -2.17. The molecule has 5 heteroatoms. The van der Waals surface area contributed by atoms with Crippen LogP contribution >= 0.6 is 11.6 Å². The van der Waals surface area contributed by atoms with E-state index in [0.717, 1.165) is 16.8 Å². The van der Waals surface area contributed by atoms with Crippen molar-refractivity contribution in [3.8, 4) is 0 Å². The molecule has 1 N–H and O–H groups in total. The third-order valence-electron chi connectivity index (χ3n) is 2.69. The molecular weight excluding hydrogens is 250 g/mol. The second-order valence-corrected chi connectivity index (χ2v) is 4.65. The quantitative estimate of drug-likeness (QED) is 0.906. The SMILES string of the molecule is Cc1cc(C)cc(N(C)c2nc[nH]c(=O)c2Cl)c1. The summed E-state index contributed by atoms with van der Waals surface area (Å²) in [5, 5.41) is 0.0964. The molecule has 0 fully saturated rings. The molecule has 0 amide bonds. The standard InChI is InChI=1S/C13H14ClN3O/c1-8-4-9(2)6-10(5-8)17(3)12-11(14)13(18)16-7-15-12/h4-7H,1-3H3,(H,15,16,18). The fourth-order valence-electron chi connectivity index (χ4n) is 1.87. The highest BCUT2D eigenvalue weighted by molar-refractivity contribution is 6.32. The Balaban J connectivity index is 2.51. The molecule has 1 aromatic heterocycles. The zero-order valence-corrected chi connectivity index (χ0v) is 11.2. The molecule has 1 heterocycles. The fourth-order valence-corrected chi connectivity index (χ4v) is 2.10. The van der Waals surface area contributed by atoms with Crippen LogP contribution in [-0.2, 0) is 0 Å². The van der Waals surface area contributed by atoms with E-state index in [0.29, 0.717) is 5.82 Å². The van der Waals surface area contributed by atoms with E-state index in [2.05, 4.69) is 16.0 Å². The average Bonchev–Trinajstić information content (AvgIpc) is 2.30. The number of hydrogen-bond acceptors (Lipinski definition) is 3. The van der Waals surface area contributed by atoms with Crippen LogP contribution in [0.1, 0.15) is 11.1 Å². The van der Waals surface area contributed by atoms with E-state index in [9.17, 15) is 4.79 Å². The van der Waals surface area contributed by atoms with Gasteiger partial charge in [0, 0.05) is 12.7 Å². The van der Waals surface area contributed by atoms with Crippen molar-refractivity contribution in [2.75, 3.05) is 11.9 Å². The van der Waals surface area contributed by atoms with Gasteiger partial charge in [0.25, 0.3) is 5.56 Å². The highest BCUT2D eigenvalue weighted by Crippen LogP contribution is 2.27. The number of benzene rings is 1. The Morgan fingerprint density at radius 2 is 1.83 bits per heavy atom. The molecule has 18 heavy (non-hydrogen) atoms. The molecule has 4 nitrogen and oxygen atoms in total. The van der Waals surface area contributed by atoms with Crippen molar-refractivity contribution in [3.05, 3.63) is 51.0 Å². The summed E-state index contributed by atoms with van der Waals surface area (Å²) < 4.78 is 0. The van der Waals surface area contributed by atoms with Gasteiger partial charge in [0.1, 0.15) is 5.02 Å². The lowest BCUT2D eigenvalue weighted by molar-refractivity contribution is 1.05. The highest BCUT2D eigenvalue weighted by atomic mass is 35.5. The number of halogens is 1. The van der Waals surface area contributed by atoms with Crippen molar-refractivity contribution in [2.45, 2.75) is 13.8 Å². The first-order chi connectivity index (χ1) is 8.49. The van der Waals surface area contributed by atoms with Gasteiger partial charge < -0.3 is 9.88 Å². The van der Waals surface area contributed by atoms with Crippen molar-refractivity contribution in [3.63, 3.8) is 0 Å². The van der Waals surface area contributed by atoms with Gasteiger partial charge in [0.15, 0.2) is 5.82 Å². The third kappa shape index (κ3) is 2.38. The molecule has 0 aliphatic heterocycles. The number of hydrogen-bond donors (Lipinski definition) is 1. The summed E-state index contributed by atoms with van der Waals surface area (Å²) in [5.74, 6) is 0.449. The van der Waals surface area contributed by atoms with Gasteiger partial charge in [0.05, 0.1) is 6.33 Å². The van der Waals surface area contributed by atoms with E-state index in [-0.39, 0.29) is 10.6 Å². The monoisotopic (exact) mass is 263 g/mol. The topological polar surface area (TPSA) is 49.0 Å². The van der Waals surface area contributed by atoms with E-state index >= 15 is 0 Å². The molecule has 0 bridgehead atoms. The number of rotatable bonds is 2. The minimum Gasteiger partial charge on any atom is -0.328 e. The summed E-state index contributed by atoms with van der Waals surface area (Å²) in [6, 6.07) is 6.13. The molecule has 0 radical (unpaired) electrons. The molecule has 2 rings (SSSR count). The van der Waals surface area contributed by atoms with Gasteiger partial charge in [-0.05, 0) is 37.1 Å². The van der Waals surface area contributed by atoms with Gasteiger partial charge >= 0.3 is 0 Å². The minimum absolute atomic E-state index is 0.0964. The molecule has 0 aliphatic rings. The minimum atomic E-state index is -0.335. The Morgan fingerprint density at radius 3 is 2.44 bits per heavy atom. The largest absolute Gasteiger partial charge is 0.328 e. The summed E-state index contributed by atoms with van der Waals surface area (Å²) in [7, 11) is 1.84. The predicted molar refractivity (Wildman–Crippen MR) is 73.8 cm³/mol. The molecule has 0 aliphatic carbocycles. The Bertz CT molecular complexity index is 616. The Kier molecular flexibility index (Phi) is 3.39. The van der Waals surface area contributed by atoms with E-state index in [4.69, 9.17) is 11.6 Å².